The molecule has 0 saturated carbocycles. The zero-order valence-corrected chi connectivity index (χ0v) is 18.3. The van der Waals surface area contributed by atoms with Gasteiger partial charge in [-0.3, -0.25) is 9.89 Å². The van der Waals surface area contributed by atoms with Crippen LogP contribution in [0.2, 0.25) is 0 Å². The molecule has 4 rings (SSSR count). The first-order valence-corrected chi connectivity index (χ1v) is 11.0. The normalized spacial score (nSPS) is 15.9. The van der Waals surface area contributed by atoms with Gasteiger partial charge in [-0.2, -0.15) is 0 Å². The lowest BCUT2D eigenvalue weighted by Gasteiger charge is -2.26. The van der Waals surface area contributed by atoms with Gasteiger partial charge in [0.2, 0.25) is 5.89 Å². The summed E-state index contributed by atoms with van der Waals surface area (Å²) in [6, 6.07) is 12.4. The first-order chi connectivity index (χ1) is 15.2. The van der Waals surface area contributed by atoms with Gasteiger partial charge in [0.05, 0.1) is 18.0 Å². The third-order valence-electron chi connectivity index (χ3n) is 5.66. The third-order valence-corrected chi connectivity index (χ3v) is 5.66. The van der Waals surface area contributed by atoms with Crippen molar-refractivity contribution in [2.24, 2.45) is 4.99 Å². The molecular weight excluding hydrogens is 390 g/mol. The van der Waals surface area contributed by atoms with Gasteiger partial charge in [0, 0.05) is 32.1 Å². The first kappa shape index (κ1) is 21.2. The SMILES string of the molecule is CN=C(NCCc1coc(-c2ccc(C)cc2)n1)NCC(c1ccco1)N1CCCC1. The standard InChI is InChI=1S/C24H31N5O2/c1-18-7-9-19(10-8-18)23-28-20(17-31-23)11-12-26-24(25-2)27-16-21(22-6-5-15-30-22)29-13-3-4-14-29/h5-10,15,17,21H,3-4,11-14,16H2,1-2H3,(H2,25,26,27). The van der Waals surface area contributed by atoms with E-state index in [0.717, 1.165) is 49.0 Å². The van der Waals surface area contributed by atoms with E-state index in [-0.39, 0.29) is 6.04 Å². The number of likely N-dealkylation sites (tertiary alicyclic amines) is 1. The molecule has 0 aliphatic carbocycles. The number of nitrogens with zero attached hydrogens (tertiary/aromatic N) is 3. The van der Waals surface area contributed by atoms with Crippen molar-refractivity contribution in [2.75, 3.05) is 33.2 Å². The zero-order valence-electron chi connectivity index (χ0n) is 18.3. The number of oxazole rings is 1. The van der Waals surface area contributed by atoms with Crippen LogP contribution in [-0.2, 0) is 6.42 Å². The number of furan rings is 1. The highest BCUT2D eigenvalue weighted by atomic mass is 16.3. The minimum Gasteiger partial charge on any atom is -0.468 e. The second kappa shape index (κ2) is 10.3. The monoisotopic (exact) mass is 421 g/mol. The summed E-state index contributed by atoms with van der Waals surface area (Å²) in [5, 5.41) is 6.82. The Morgan fingerprint density at radius 2 is 1.94 bits per heavy atom. The van der Waals surface area contributed by atoms with Crippen LogP contribution in [0, 0.1) is 6.92 Å². The van der Waals surface area contributed by atoms with Gasteiger partial charge in [-0.1, -0.05) is 17.7 Å². The molecule has 0 spiro atoms. The van der Waals surface area contributed by atoms with Gasteiger partial charge in [0.1, 0.15) is 12.0 Å². The van der Waals surface area contributed by atoms with Crippen molar-refractivity contribution in [3.63, 3.8) is 0 Å². The fraction of sp³-hybridized carbons (Fsp3) is 0.417. The highest BCUT2D eigenvalue weighted by molar-refractivity contribution is 5.79. The summed E-state index contributed by atoms with van der Waals surface area (Å²) in [4.78, 5) is 11.4. The van der Waals surface area contributed by atoms with Crippen molar-refractivity contribution >= 4 is 5.96 Å². The van der Waals surface area contributed by atoms with Crippen molar-refractivity contribution < 1.29 is 8.83 Å². The Hall–Kier alpha value is -3.06. The van der Waals surface area contributed by atoms with Crippen molar-refractivity contribution in [2.45, 2.75) is 32.2 Å². The van der Waals surface area contributed by atoms with Gasteiger partial charge in [-0.25, -0.2) is 4.98 Å². The summed E-state index contributed by atoms with van der Waals surface area (Å²) in [7, 11) is 1.79. The fourth-order valence-electron chi connectivity index (χ4n) is 3.92. The predicted molar refractivity (Wildman–Crippen MR) is 122 cm³/mol. The lowest BCUT2D eigenvalue weighted by Crippen LogP contribution is -2.43. The first-order valence-electron chi connectivity index (χ1n) is 11.0. The Kier molecular flexibility index (Phi) is 7.04. The second-order valence-electron chi connectivity index (χ2n) is 7.91. The Balaban J connectivity index is 1.27. The van der Waals surface area contributed by atoms with E-state index in [1.165, 1.54) is 18.4 Å². The third kappa shape index (κ3) is 5.55. The second-order valence-corrected chi connectivity index (χ2v) is 7.91. The van der Waals surface area contributed by atoms with Gasteiger partial charge in [-0.05, 0) is 57.1 Å². The van der Waals surface area contributed by atoms with Crippen LogP contribution < -0.4 is 10.6 Å². The number of benzene rings is 1. The van der Waals surface area contributed by atoms with Crippen LogP contribution >= 0.6 is 0 Å². The molecule has 2 aromatic heterocycles. The molecule has 164 valence electrons. The predicted octanol–water partition coefficient (Wildman–Crippen LogP) is 3.79. The van der Waals surface area contributed by atoms with Gasteiger partial charge in [0.15, 0.2) is 5.96 Å². The van der Waals surface area contributed by atoms with E-state index in [4.69, 9.17) is 8.83 Å². The molecule has 1 atom stereocenters. The molecule has 2 N–H and O–H groups in total. The quantitative estimate of drug-likeness (QED) is 0.426. The summed E-state index contributed by atoms with van der Waals surface area (Å²) >= 11 is 0. The van der Waals surface area contributed by atoms with Crippen LogP contribution in [0.15, 0.2) is 62.8 Å². The Morgan fingerprint density at radius 1 is 1.13 bits per heavy atom. The molecule has 1 aliphatic heterocycles. The van der Waals surface area contributed by atoms with Gasteiger partial charge in [-0.15, -0.1) is 0 Å². The van der Waals surface area contributed by atoms with Crippen LogP contribution in [0.3, 0.4) is 0 Å². The highest BCUT2D eigenvalue weighted by Crippen LogP contribution is 2.25. The summed E-state index contributed by atoms with van der Waals surface area (Å²) in [6.07, 6.45) is 6.71. The summed E-state index contributed by atoms with van der Waals surface area (Å²) in [5.74, 6) is 2.43. The van der Waals surface area contributed by atoms with Crippen LogP contribution in [0.5, 0.6) is 0 Å². The molecule has 31 heavy (non-hydrogen) atoms. The minimum atomic E-state index is 0.212. The molecule has 0 bridgehead atoms. The smallest absolute Gasteiger partial charge is 0.226 e. The molecular formula is C24H31N5O2. The van der Waals surface area contributed by atoms with Crippen LogP contribution in [0.4, 0.5) is 0 Å². The van der Waals surface area contributed by atoms with Crippen LogP contribution in [-0.4, -0.2) is 49.1 Å². The summed E-state index contributed by atoms with van der Waals surface area (Å²) in [6.45, 7) is 5.74. The largest absolute Gasteiger partial charge is 0.468 e. The Labute approximate surface area is 183 Å². The average Bonchev–Trinajstić information content (AvgIpc) is 3.56. The summed E-state index contributed by atoms with van der Waals surface area (Å²) < 4.78 is 11.3. The summed E-state index contributed by atoms with van der Waals surface area (Å²) in [5.41, 5.74) is 3.13. The number of aromatic nitrogens is 1. The number of nitrogens with one attached hydrogen (secondary N) is 2. The molecule has 3 heterocycles. The maximum atomic E-state index is 5.70. The van der Waals surface area contributed by atoms with Gasteiger partial charge >= 0.3 is 0 Å². The number of hydrogen-bond donors (Lipinski definition) is 2. The van der Waals surface area contributed by atoms with Crippen molar-refractivity contribution in [1.29, 1.82) is 0 Å². The Bertz CT molecular complexity index is 956. The molecule has 1 aliphatic rings. The number of aliphatic imine (C=N–C) groups is 1. The molecule has 0 amide bonds. The molecule has 0 radical (unpaired) electrons. The topological polar surface area (TPSA) is 78.8 Å². The molecule has 7 heteroatoms. The van der Waals surface area contributed by atoms with Crippen molar-refractivity contribution in [1.82, 2.24) is 20.5 Å². The van der Waals surface area contributed by atoms with Crippen LogP contribution in [0.1, 0.15) is 35.9 Å². The Morgan fingerprint density at radius 3 is 2.65 bits per heavy atom. The maximum Gasteiger partial charge on any atom is 0.226 e. The van der Waals surface area contributed by atoms with E-state index in [1.807, 2.05) is 18.2 Å². The lowest BCUT2D eigenvalue weighted by atomic mass is 10.1. The van der Waals surface area contributed by atoms with E-state index in [1.54, 1.807) is 19.6 Å². The molecule has 1 saturated heterocycles. The molecule has 7 nitrogen and oxygen atoms in total. The van der Waals surface area contributed by atoms with Crippen molar-refractivity contribution in [3.8, 4) is 11.5 Å². The van der Waals surface area contributed by atoms with Gasteiger partial charge in [0.25, 0.3) is 0 Å². The van der Waals surface area contributed by atoms with Crippen LogP contribution in [0.25, 0.3) is 11.5 Å². The maximum absolute atomic E-state index is 5.70. The van der Waals surface area contributed by atoms with E-state index < -0.39 is 0 Å². The number of aryl methyl sites for hydroxylation is 1. The van der Waals surface area contributed by atoms with E-state index >= 15 is 0 Å². The number of rotatable bonds is 8. The van der Waals surface area contributed by atoms with E-state index in [2.05, 4.69) is 50.6 Å². The molecule has 3 aromatic rings. The lowest BCUT2D eigenvalue weighted by molar-refractivity contribution is 0.215. The fourth-order valence-corrected chi connectivity index (χ4v) is 3.92. The molecule has 1 fully saturated rings. The number of guanidine groups is 1. The average molecular weight is 422 g/mol. The molecule has 1 unspecified atom stereocenters. The van der Waals surface area contributed by atoms with Gasteiger partial charge < -0.3 is 19.5 Å². The molecule has 1 aromatic carbocycles. The highest BCUT2D eigenvalue weighted by Gasteiger charge is 2.25. The zero-order chi connectivity index (χ0) is 21.5. The number of hydrogen-bond acceptors (Lipinski definition) is 5. The minimum absolute atomic E-state index is 0.212. The van der Waals surface area contributed by atoms with E-state index in [0.29, 0.717) is 12.4 Å². The van der Waals surface area contributed by atoms with E-state index in [9.17, 15) is 0 Å². The van der Waals surface area contributed by atoms with Crippen molar-refractivity contribution in [3.05, 3.63) is 65.9 Å².